The van der Waals surface area contributed by atoms with E-state index in [9.17, 15) is 9.59 Å². The summed E-state index contributed by atoms with van der Waals surface area (Å²) in [4.78, 5) is 26.7. The Morgan fingerprint density at radius 2 is 2.00 bits per heavy atom. The molecule has 0 radical (unpaired) electrons. The molecule has 1 aromatic heterocycles. The van der Waals surface area contributed by atoms with Crippen molar-refractivity contribution in [3.05, 3.63) is 32.1 Å². The molecule has 4 nitrogen and oxygen atoms in total. The first-order valence-corrected chi connectivity index (χ1v) is 9.37. The Hall–Kier alpha value is -0.980. The highest BCUT2D eigenvalue weighted by atomic mass is 79.9. The van der Waals surface area contributed by atoms with Gasteiger partial charge in [-0.2, -0.15) is 0 Å². The van der Waals surface area contributed by atoms with Crippen LogP contribution in [0.5, 0.6) is 0 Å². The summed E-state index contributed by atoms with van der Waals surface area (Å²) in [5.74, 6) is 0.146. The van der Waals surface area contributed by atoms with Crippen molar-refractivity contribution < 1.29 is 9.59 Å². The summed E-state index contributed by atoms with van der Waals surface area (Å²) < 4.78 is 1.01. The van der Waals surface area contributed by atoms with Crippen LogP contribution >= 0.6 is 27.3 Å². The van der Waals surface area contributed by atoms with Crippen molar-refractivity contribution in [2.24, 2.45) is 5.41 Å². The fourth-order valence-corrected chi connectivity index (χ4v) is 5.17. The first kappa shape index (κ1) is 16.9. The number of ketones is 1. The first-order valence-electron chi connectivity index (χ1n) is 7.70. The van der Waals surface area contributed by atoms with E-state index in [1.807, 2.05) is 25.5 Å². The smallest absolute Gasteiger partial charge is 0.242 e. The Morgan fingerprint density at radius 1 is 1.30 bits per heavy atom. The minimum atomic E-state index is -0.109. The summed E-state index contributed by atoms with van der Waals surface area (Å²) >= 11 is 5.08. The molecule has 1 amide bonds. The molecular formula is C17H21BrN2O2S. The Labute approximate surface area is 149 Å². The molecule has 0 unspecified atom stereocenters. The van der Waals surface area contributed by atoms with Crippen LogP contribution in [0.1, 0.15) is 43.9 Å². The number of Topliss-reactive ketones (excluding diaryl/α,β-unsaturated/α-hetero) is 1. The lowest BCUT2D eigenvalue weighted by Crippen LogP contribution is -2.49. The monoisotopic (exact) mass is 396 g/mol. The maximum atomic E-state index is 12.9. The number of amides is 1. The van der Waals surface area contributed by atoms with E-state index in [0.29, 0.717) is 12.8 Å². The summed E-state index contributed by atoms with van der Waals surface area (Å²) in [6.45, 7) is 4.19. The van der Waals surface area contributed by atoms with E-state index in [4.69, 9.17) is 0 Å². The number of carbonyl (C=O) groups is 2. The number of hydrazine groups is 1. The van der Waals surface area contributed by atoms with E-state index in [0.717, 1.165) is 27.0 Å². The Kier molecular flexibility index (Phi) is 4.27. The molecule has 0 N–H and O–H groups in total. The first-order chi connectivity index (χ1) is 10.7. The van der Waals surface area contributed by atoms with Crippen LogP contribution in [0.25, 0.3) is 0 Å². The normalized spacial score (nSPS) is 24.4. The van der Waals surface area contributed by atoms with Crippen LogP contribution in [0.4, 0.5) is 0 Å². The van der Waals surface area contributed by atoms with Crippen LogP contribution < -0.4 is 0 Å². The number of hydrogen-bond donors (Lipinski definition) is 0. The Balaban J connectivity index is 2.15. The standard InChI is InChI=1S/C17H21BrN2O2S/c1-17(2)7-12-16(13(21)8-17)11(14-5-10(18)9-23-14)6-15(22)20(12)19(3)4/h5,9,11H,6-8H2,1-4H3/t11-/m1/s1. The molecule has 0 spiro atoms. The highest BCUT2D eigenvalue weighted by Gasteiger charge is 2.44. The number of halogens is 1. The van der Waals surface area contributed by atoms with Crippen molar-refractivity contribution in [2.75, 3.05) is 14.1 Å². The van der Waals surface area contributed by atoms with E-state index in [-0.39, 0.29) is 23.0 Å². The highest BCUT2D eigenvalue weighted by Crippen LogP contribution is 2.48. The zero-order valence-corrected chi connectivity index (χ0v) is 16.3. The molecule has 23 heavy (non-hydrogen) atoms. The lowest BCUT2D eigenvalue weighted by molar-refractivity contribution is -0.143. The zero-order chi connectivity index (χ0) is 16.9. The van der Waals surface area contributed by atoms with Gasteiger partial charge in [-0.1, -0.05) is 13.8 Å². The van der Waals surface area contributed by atoms with Crippen molar-refractivity contribution in [1.82, 2.24) is 10.0 Å². The fourth-order valence-electron chi connectivity index (χ4n) is 3.62. The topological polar surface area (TPSA) is 40.6 Å². The second kappa shape index (κ2) is 5.83. The molecule has 1 aliphatic carbocycles. The van der Waals surface area contributed by atoms with Gasteiger partial charge in [-0.05, 0) is 33.8 Å². The maximum absolute atomic E-state index is 12.9. The van der Waals surface area contributed by atoms with Gasteiger partial charge in [0, 0.05) is 58.9 Å². The average molecular weight is 397 g/mol. The summed E-state index contributed by atoms with van der Waals surface area (Å²) in [7, 11) is 3.72. The van der Waals surface area contributed by atoms with Crippen molar-refractivity contribution >= 4 is 39.0 Å². The Morgan fingerprint density at radius 3 is 2.57 bits per heavy atom. The van der Waals surface area contributed by atoms with E-state index < -0.39 is 0 Å². The molecule has 0 aromatic carbocycles. The van der Waals surface area contributed by atoms with Gasteiger partial charge in [0.2, 0.25) is 5.91 Å². The van der Waals surface area contributed by atoms with Crippen molar-refractivity contribution in [3.63, 3.8) is 0 Å². The molecule has 2 heterocycles. The molecule has 6 heteroatoms. The molecule has 3 rings (SSSR count). The minimum absolute atomic E-state index is 0.0637. The third-order valence-electron chi connectivity index (χ3n) is 4.45. The Bertz CT molecular complexity index is 705. The van der Waals surface area contributed by atoms with Gasteiger partial charge in [-0.3, -0.25) is 9.59 Å². The summed E-state index contributed by atoms with van der Waals surface area (Å²) in [5.41, 5.74) is 1.62. The number of rotatable bonds is 2. The zero-order valence-electron chi connectivity index (χ0n) is 13.9. The van der Waals surface area contributed by atoms with Gasteiger partial charge >= 0.3 is 0 Å². The average Bonchev–Trinajstić information content (AvgIpc) is 2.81. The number of hydrogen-bond acceptors (Lipinski definition) is 4. The van der Waals surface area contributed by atoms with Gasteiger partial charge in [0.25, 0.3) is 0 Å². The van der Waals surface area contributed by atoms with E-state index >= 15 is 0 Å². The van der Waals surface area contributed by atoms with Crippen molar-refractivity contribution in [1.29, 1.82) is 0 Å². The van der Waals surface area contributed by atoms with Gasteiger partial charge in [-0.15, -0.1) is 11.3 Å². The second-order valence-corrected chi connectivity index (χ2v) is 9.14. The minimum Gasteiger partial charge on any atom is -0.294 e. The molecule has 1 atom stereocenters. The summed E-state index contributed by atoms with van der Waals surface area (Å²) in [6, 6.07) is 2.03. The lowest BCUT2D eigenvalue weighted by Gasteiger charge is -2.44. The van der Waals surface area contributed by atoms with Gasteiger partial charge in [-0.25, -0.2) is 10.0 Å². The van der Waals surface area contributed by atoms with Crippen LogP contribution in [0, 0.1) is 5.41 Å². The molecule has 1 aliphatic heterocycles. The quantitative estimate of drug-likeness (QED) is 0.759. The summed E-state index contributed by atoms with van der Waals surface area (Å²) in [6.07, 6.45) is 1.65. The molecular weight excluding hydrogens is 376 g/mol. The number of allylic oxidation sites excluding steroid dienone is 2. The molecule has 124 valence electrons. The summed E-state index contributed by atoms with van der Waals surface area (Å²) in [5, 5.41) is 5.51. The second-order valence-electron chi connectivity index (χ2n) is 7.28. The van der Waals surface area contributed by atoms with Crippen LogP contribution in [0.2, 0.25) is 0 Å². The number of nitrogens with zero attached hydrogens (tertiary/aromatic N) is 2. The van der Waals surface area contributed by atoms with Crippen molar-refractivity contribution in [3.8, 4) is 0 Å². The van der Waals surface area contributed by atoms with E-state index in [1.54, 1.807) is 21.4 Å². The van der Waals surface area contributed by atoms with E-state index in [2.05, 4.69) is 29.8 Å². The van der Waals surface area contributed by atoms with Gasteiger partial charge in [0.15, 0.2) is 5.78 Å². The lowest BCUT2D eigenvalue weighted by atomic mass is 9.70. The van der Waals surface area contributed by atoms with E-state index in [1.165, 1.54) is 0 Å². The molecule has 0 saturated carbocycles. The van der Waals surface area contributed by atoms with Crippen LogP contribution in [-0.2, 0) is 9.59 Å². The number of carbonyl (C=O) groups excluding carboxylic acids is 2. The molecule has 1 aromatic rings. The van der Waals surface area contributed by atoms with Gasteiger partial charge < -0.3 is 0 Å². The van der Waals surface area contributed by atoms with Crippen LogP contribution in [0.15, 0.2) is 27.2 Å². The third-order valence-corrected chi connectivity index (χ3v) is 6.25. The van der Waals surface area contributed by atoms with Crippen molar-refractivity contribution in [2.45, 2.75) is 39.0 Å². The van der Waals surface area contributed by atoms with Crippen LogP contribution in [0.3, 0.4) is 0 Å². The fraction of sp³-hybridized carbons (Fsp3) is 0.529. The van der Waals surface area contributed by atoms with Gasteiger partial charge in [0.05, 0.1) is 0 Å². The molecule has 2 aliphatic rings. The van der Waals surface area contributed by atoms with Gasteiger partial charge in [0.1, 0.15) is 0 Å². The largest absolute Gasteiger partial charge is 0.294 e. The SMILES string of the molecule is CN(C)N1C(=O)C[C@H](c2cc(Br)cs2)C2=C1CC(C)(C)CC2=O. The molecule has 0 fully saturated rings. The molecule has 0 saturated heterocycles. The predicted octanol–water partition coefficient (Wildman–Crippen LogP) is 3.95. The maximum Gasteiger partial charge on any atom is 0.242 e. The predicted molar refractivity (Wildman–Crippen MR) is 95.0 cm³/mol. The number of thiophene rings is 1. The molecule has 0 bridgehead atoms. The third kappa shape index (κ3) is 3.04. The highest BCUT2D eigenvalue weighted by molar-refractivity contribution is 9.10. The van der Waals surface area contributed by atoms with Crippen LogP contribution in [-0.4, -0.2) is 35.8 Å².